The highest BCUT2D eigenvalue weighted by atomic mass is 35.5. The molecule has 3 N–H and O–H groups in total. The summed E-state index contributed by atoms with van der Waals surface area (Å²) in [7, 11) is 0. The Kier molecular flexibility index (Phi) is 8.91. The summed E-state index contributed by atoms with van der Waals surface area (Å²) in [5.74, 6) is -4.45. The van der Waals surface area contributed by atoms with E-state index in [9.17, 15) is 14.4 Å². The molecule has 1 aromatic rings. The fourth-order valence-electron chi connectivity index (χ4n) is 5.09. The molecule has 1 amide bonds. The smallest absolute Gasteiger partial charge is 0.329 e. The summed E-state index contributed by atoms with van der Waals surface area (Å²) in [5, 5.41) is 3.22. The molecule has 200 valence electrons. The van der Waals surface area contributed by atoms with E-state index in [1.165, 1.54) is 0 Å². The molecule has 36 heavy (non-hydrogen) atoms. The van der Waals surface area contributed by atoms with Gasteiger partial charge < -0.3 is 25.3 Å². The molecule has 11 heteroatoms. The third-order valence-electron chi connectivity index (χ3n) is 6.80. The van der Waals surface area contributed by atoms with Crippen LogP contribution in [0.3, 0.4) is 0 Å². The van der Waals surface area contributed by atoms with Gasteiger partial charge in [0, 0.05) is 11.8 Å². The van der Waals surface area contributed by atoms with Crippen LogP contribution >= 0.6 is 23.2 Å². The lowest BCUT2D eigenvalue weighted by Gasteiger charge is -2.34. The maximum Gasteiger partial charge on any atom is 0.329 e. The highest BCUT2D eigenvalue weighted by molar-refractivity contribution is 6.42. The van der Waals surface area contributed by atoms with Crippen molar-refractivity contribution in [1.29, 1.82) is 0 Å². The Morgan fingerprint density at radius 3 is 2.42 bits per heavy atom. The van der Waals surface area contributed by atoms with E-state index in [1.807, 2.05) is 13.8 Å². The molecule has 1 aromatic carbocycles. The largest absolute Gasteiger partial charge is 0.465 e. The first kappa shape index (κ1) is 28.6. The fraction of sp³-hybridized carbons (Fsp3) is 0.640. The number of nitrogens with one attached hydrogen (secondary N) is 1. The molecule has 0 saturated heterocycles. The molecule has 0 radical (unpaired) electrons. The molecular weight excluding hydrogens is 514 g/mol. The summed E-state index contributed by atoms with van der Waals surface area (Å²) < 4.78 is 32.3. The number of carbonyl (C=O) groups excluding carboxylic acids is 3. The zero-order valence-electron chi connectivity index (χ0n) is 20.8. The van der Waals surface area contributed by atoms with E-state index in [0.29, 0.717) is 15.6 Å². The molecular formula is C25H33Cl2FN2O6. The van der Waals surface area contributed by atoms with Gasteiger partial charge in [0.05, 0.1) is 36.0 Å². The average molecular weight is 547 g/mol. The molecule has 8 nitrogen and oxygen atoms in total. The van der Waals surface area contributed by atoms with Gasteiger partial charge in [-0.05, 0) is 50.3 Å². The van der Waals surface area contributed by atoms with Crippen molar-refractivity contribution in [3.8, 4) is 0 Å². The van der Waals surface area contributed by atoms with E-state index in [4.69, 9.17) is 43.1 Å². The maximum atomic E-state index is 16.1. The van der Waals surface area contributed by atoms with Crippen molar-refractivity contribution >= 4 is 41.0 Å². The number of rotatable bonds is 11. The monoisotopic (exact) mass is 546 g/mol. The van der Waals surface area contributed by atoms with Crippen LogP contribution in [-0.4, -0.2) is 54.4 Å². The Morgan fingerprint density at radius 2 is 1.83 bits per heavy atom. The van der Waals surface area contributed by atoms with Gasteiger partial charge in [-0.2, -0.15) is 0 Å². The minimum absolute atomic E-state index is 0.0273. The van der Waals surface area contributed by atoms with E-state index >= 15 is 4.39 Å². The molecule has 2 aliphatic carbocycles. The Labute approximate surface area is 220 Å². The van der Waals surface area contributed by atoms with E-state index in [-0.39, 0.29) is 38.6 Å². The SMILES string of the molecule is CCOC(=O)[C@H](CC(C)C)NC(=O)[C@@]1(F)[C@@H]2C[C@@H](OCc3ccc(Cl)c(Cl)c3)[C@@](N)(C(=O)OCC)[C@@H]21. The minimum Gasteiger partial charge on any atom is -0.465 e. The molecule has 2 fully saturated rings. The lowest BCUT2D eigenvalue weighted by Crippen LogP contribution is -2.62. The predicted octanol–water partition coefficient (Wildman–Crippen LogP) is 3.59. The van der Waals surface area contributed by atoms with Crippen LogP contribution in [0.2, 0.25) is 10.0 Å². The predicted molar refractivity (Wildman–Crippen MR) is 132 cm³/mol. The number of alkyl halides is 1. The van der Waals surface area contributed by atoms with Gasteiger partial charge in [-0.25, -0.2) is 14.0 Å². The number of benzene rings is 1. The first-order valence-corrected chi connectivity index (χ1v) is 12.8. The van der Waals surface area contributed by atoms with Gasteiger partial charge in [-0.3, -0.25) is 4.79 Å². The molecule has 0 heterocycles. The lowest BCUT2D eigenvalue weighted by atomic mass is 9.87. The number of carbonyl (C=O) groups is 3. The highest BCUT2D eigenvalue weighted by Crippen LogP contribution is 2.67. The summed E-state index contributed by atoms with van der Waals surface area (Å²) in [5.41, 5.74) is 2.87. The Bertz CT molecular complexity index is 1010. The molecule has 6 atom stereocenters. The van der Waals surface area contributed by atoms with Gasteiger partial charge in [0.25, 0.3) is 5.91 Å². The Hall–Kier alpha value is -1.94. The van der Waals surface area contributed by atoms with Crippen molar-refractivity contribution in [1.82, 2.24) is 5.32 Å². The molecule has 0 bridgehead atoms. The third-order valence-corrected chi connectivity index (χ3v) is 7.54. The van der Waals surface area contributed by atoms with Crippen LogP contribution in [0.15, 0.2) is 18.2 Å². The first-order valence-electron chi connectivity index (χ1n) is 12.1. The van der Waals surface area contributed by atoms with Crippen LogP contribution in [0.25, 0.3) is 0 Å². The van der Waals surface area contributed by atoms with Crippen LogP contribution in [0, 0.1) is 17.8 Å². The summed E-state index contributed by atoms with van der Waals surface area (Å²) in [6.07, 6.45) is -0.592. The Morgan fingerprint density at radius 1 is 1.17 bits per heavy atom. The van der Waals surface area contributed by atoms with Crippen LogP contribution in [0.5, 0.6) is 0 Å². The van der Waals surface area contributed by atoms with Crippen LogP contribution in [0.1, 0.15) is 46.1 Å². The number of nitrogens with two attached hydrogens (primary N) is 1. The number of fused-ring (bicyclic) bond motifs is 1. The number of amides is 1. The molecule has 2 saturated carbocycles. The average Bonchev–Trinajstić information content (AvgIpc) is 3.29. The fourth-order valence-corrected chi connectivity index (χ4v) is 5.41. The third kappa shape index (κ3) is 5.35. The zero-order chi connectivity index (χ0) is 26.8. The number of hydrogen-bond donors (Lipinski definition) is 2. The maximum absolute atomic E-state index is 16.1. The first-order chi connectivity index (χ1) is 16.9. The van der Waals surface area contributed by atoms with Crippen LogP contribution < -0.4 is 11.1 Å². The van der Waals surface area contributed by atoms with Gasteiger partial charge in [0.15, 0.2) is 5.67 Å². The number of ether oxygens (including phenoxy) is 3. The van der Waals surface area contributed by atoms with E-state index in [1.54, 1.807) is 32.0 Å². The van der Waals surface area contributed by atoms with Crippen molar-refractivity contribution < 1.29 is 33.0 Å². The second kappa shape index (κ2) is 11.2. The zero-order valence-corrected chi connectivity index (χ0v) is 22.3. The molecule has 0 unspecified atom stereocenters. The van der Waals surface area contributed by atoms with Crippen molar-refractivity contribution in [2.45, 2.75) is 70.5 Å². The van der Waals surface area contributed by atoms with Gasteiger partial charge >= 0.3 is 11.9 Å². The topological polar surface area (TPSA) is 117 Å². The number of hydrogen-bond acceptors (Lipinski definition) is 7. The Balaban J connectivity index is 1.78. The minimum atomic E-state index is -2.44. The van der Waals surface area contributed by atoms with Gasteiger partial charge in [0.2, 0.25) is 0 Å². The summed E-state index contributed by atoms with van der Waals surface area (Å²) in [6.45, 7) is 7.20. The molecule has 2 aliphatic rings. The highest BCUT2D eigenvalue weighted by Gasteiger charge is 2.84. The molecule has 0 aromatic heterocycles. The second-order valence-corrected chi connectivity index (χ2v) is 10.5. The van der Waals surface area contributed by atoms with Crippen molar-refractivity contribution in [2.24, 2.45) is 23.5 Å². The second-order valence-electron chi connectivity index (χ2n) is 9.70. The summed E-state index contributed by atoms with van der Waals surface area (Å²) in [6, 6.07) is 3.94. The summed E-state index contributed by atoms with van der Waals surface area (Å²) in [4.78, 5) is 38.4. The van der Waals surface area contributed by atoms with Crippen molar-refractivity contribution in [3.05, 3.63) is 33.8 Å². The number of halogens is 3. The van der Waals surface area contributed by atoms with E-state index in [0.717, 1.165) is 0 Å². The van der Waals surface area contributed by atoms with Gasteiger partial charge in [-0.15, -0.1) is 0 Å². The van der Waals surface area contributed by atoms with E-state index in [2.05, 4.69) is 5.32 Å². The van der Waals surface area contributed by atoms with Gasteiger partial charge in [-0.1, -0.05) is 43.1 Å². The lowest BCUT2D eigenvalue weighted by molar-refractivity contribution is -0.159. The molecule has 0 spiro atoms. The number of esters is 2. The standard InChI is InChI=1S/C25H33Cl2FN2O6/c1-5-34-21(31)18(9-13(3)4)30-22(32)24(28)15-11-19(25(29,20(15)24)23(33)35-6-2)36-12-14-7-8-16(26)17(27)10-14/h7-8,10,13,15,18-20H,5-6,9,11-12,29H2,1-4H3,(H,30,32)/t15-,18+,19-,20+,24-,25+/m1/s1. The quantitative estimate of drug-likeness (QED) is 0.407. The van der Waals surface area contributed by atoms with Crippen LogP contribution in [-0.2, 0) is 35.2 Å². The van der Waals surface area contributed by atoms with E-state index < -0.39 is 53.0 Å². The van der Waals surface area contributed by atoms with Crippen LogP contribution in [0.4, 0.5) is 4.39 Å². The van der Waals surface area contributed by atoms with Crippen molar-refractivity contribution in [3.63, 3.8) is 0 Å². The molecule has 3 rings (SSSR count). The molecule has 0 aliphatic heterocycles. The summed E-state index contributed by atoms with van der Waals surface area (Å²) >= 11 is 12.0. The van der Waals surface area contributed by atoms with Gasteiger partial charge in [0.1, 0.15) is 11.6 Å². The normalized spacial score (nSPS) is 29.4. The van der Waals surface area contributed by atoms with Crippen molar-refractivity contribution in [2.75, 3.05) is 13.2 Å².